The molecule has 1 saturated heterocycles. The number of carbonyl (C=O) groups is 1. The van der Waals surface area contributed by atoms with Gasteiger partial charge in [-0.05, 0) is 27.2 Å². The van der Waals surface area contributed by atoms with Crippen molar-refractivity contribution in [1.82, 2.24) is 0 Å². The molecule has 0 amide bonds. The van der Waals surface area contributed by atoms with Gasteiger partial charge in [-0.1, -0.05) is 0 Å². The highest BCUT2D eigenvalue weighted by molar-refractivity contribution is 5.86. The maximum Gasteiger partial charge on any atom is 0.460 e. The van der Waals surface area contributed by atoms with Crippen molar-refractivity contribution in [2.75, 3.05) is 6.61 Å². The van der Waals surface area contributed by atoms with E-state index in [0.29, 0.717) is 0 Å². The van der Waals surface area contributed by atoms with E-state index in [1.165, 1.54) is 6.92 Å². The number of ether oxygens (including phenoxy) is 2. The lowest BCUT2D eigenvalue weighted by molar-refractivity contribution is -0.404. The summed E-state index contributed by atoms with van der Waals surface area (Å²) in [7, 11) is 0. The lowest BCUT2D eigenvalue weighted by Crippen LogP contribution is -2.66. The zero-order chi connectivity index (χ0) is 20.1. The van der Waals surface area contributed by atoms with Crippen LogP contribution in [0, 0.1) is 5.92 Å². The van der Waals surface area contributed by atoms with Crippen LogP contribution in [0.1, 0.15) is 27.2 Å². The van der Waals surface area contributed by atoms with Crippen molar-refractivity contribution in [1.29, 1.82) is 0 Å². The molecule has 1 aliphatic heterocycles. The summed E-state index contributed by atoms with van der Waals surface area (Å²) in [4.78, 5) is 11.9. The van der Waals surface area contributed by atoms with E-state index in [4.69, 9.17) is 4.74 Å². The van der Waals surface area contributed by atoms with Crippen LogP contribution in [0.5, 0.6) is 0 Å². The van der Waals surface area contributed by atoms with Crippen molar-refractivity contribution < 1.29 is 53.8 Å². The highest BCUT2D eigenvalue weighted by Gasteiger charge is 2.83. The Hall–Kier alpha value is -1.04. The molecule has 0 N–H and O–H groups in total. The summed E-state index contributed by atoms with van der Waals surface area (Å²) in [6.07, 6.45) is -10.2. The molecule has 12 heteroatoms. The normalized spacial score (nSPS) is 26.0. The second-order valence-corrected chi connectivity index (χ2v) is 6.09. The van der Waals surface area contributed by atoms with Gasteiger partial charge in [-0.3, -0.25) is 4.79 Å². The number of Topliss-reactive ketones (excluding diaryl/α,β-unsaturated/α-hetero) is 1. The van der Waals surface area contributed by atoms with E-state index < -0.39 is 54.0 Å². The van der Waals surface area contributed by atoms with Gasteiger partial charge in [0.2, 0.25) is 6.29 Å². The van der Waals surface area contributed by atoms with Gasteiger partial charge in [0.05, 0.1) is 11.5 Å². The highest BCUT2D eigenvalue weighted by atomic mass is 19.4. The predicted molar refractivity (Wildman–Crippen MR) is 64.6 cm³/mol. The maximum absolute atomic E-state index is 14.1. The molecule has 0 unspecified atom stereocenters. The molecule has 0 saturated carbocycles. The molecule has 0 bridgehead atoms. The standard InChI is InChI=1S/C13H15F9O3/c1-4-24-8-7(23)6(5-9(2,3)25-8)10(14,15)11(16,17)12(18,19)13(20,21)22/h6,8H,4-5H2,1-3H3/t6-,8-/m1/s1. The van der Waals surface area contributed by atoms with Crippen molar-refractivity contribution in [2.24, 2.45) is 5.92 Å². The number of rotatable bonds is 5. The quantitative estimate of drug-likeness (QED) is 0.660. The fourth-order valence-corrected chi connectivity index (χ4v) is 2.33. The SMILES string of the molecule is CCO[C@@H]1OC(C)(C)C[C@@H](C(F)(F)C(F)(F)C(F)(F)C(F)(F)F)C1=O. The Bertz CT molecular complexity index is 513. The zero-order valence-corrected chi connectivity index (χ0v) is 13.2. The molecule has 0 radical (unpaired) electrons. The molecule has 1 aliphatic rings. The first-order valence-corrected chi connectivity index (χ1v) is 6.95. The van der Waals surface area contributed by atoms with Crippen LogP contribution in [0.4, 0.5) is 39.5 Å². The van der Waals surface area contributed by atoms with Gasteiger partial charge < -0.3 is 9.47 Å². The molecule has 25 heavy (non-hydrogen) atoms. The minimum Gasteiger partial charge on any atom is -0.346 e. The third kappa shape index (κ3) is 3.60. The van der Waals surface area contributed by atoms with Crippen molar-refractivity contribution in [3.63, 3.8) is 0 Å². The Morgan fingerprint density at radius 2 is 1.52 bits per heavy atom. The van der Waals surface area contributed by atoms with Crippen LogP contribution < -0.4 is 0 Å². The van der Waals surface area contributed by atoms with E-state index in [1.54, 1.807) is 0 Å². The van der Waals surface area contributed by atoms with Crippen LogP contribution in [-0.4, -0.2) is 48.2 Å². The van der Waals surface area contributed by atoms with Crippen molar-refractivity contribution in [3.05, 3.63) is 0 Å². The molecular formula is C13H15F9O3. The van der Waals surface area contributed by atoms with Gasteiger partial charge in [0, 0.05) is 6.61 Å². The third-order valence-electron chi connectivity index (χ3n) is 3.62. The molecule has 1 fully saturated rings. The lowest BCUT2D eigenvalue weighted by Gasteiger charge is -2.44. The monoisotopic (exact) mass is 390 g/mol. The van der Waals surface area contributed by atoms with Crippen LogP contribution >= 0.6 is 0 Å². The van der Waals surface area contributed by atoms with Crippen LogP contribution in [0.3, 0.4) is 0 Å². The molecule has 0 aromatic rings. The van der Waals surface area contributed by atoms with E-state index in [0.717, 1.165) is 13.8 Å². The van der Waals surface area contributed by atoms with Crippen LogP contribution in [0.15, 0.2) is 0 Å². The molecule has 1 heterocycles. The fourth-order valence-electron chi connectivity index (χ4n) is 2.33. The topological polar surface area (TPSA) is 35.5 Å². The molecule has 0 aliphatic carbocycles. The van der Waals surface area contributed by atoms with Gasteiger partial charge in [-0.15, -0.1) is 0 Å². The summed E-state index contributed by atoms with van der Waals surface area (Å²) in [6, 6.07) is 0. The van der Waals surface area contributed by atoms with Gasteiger partial charge in [0.15, 0.2) is 5.78 Å². The number of hydrogen-bond donors (Lipinski definition) is 0. The Balaban J connectivity index is 3.36. The predicted octanol–water partition coefficient (Wildman–Crippen LogP) is 4.20. The molecule has 0 spiro atoms. The summed E-state index contributed by atoms with van der Waals surface area (Å²) < 4.78 is 127. The number of carbonyl (C=O) groups excluding carboxylic acids is 1. The van der Waals surface area contributed by atoms with Gasteiger partial charge in [-0.2, -0.15) is 39.5 Å². The van der Waals surface area contributed by atoms with Crippen LogP contribution in [-0.2, 0) is 14.3 Å². The minimum atomic E-state index is -7.05. The van der Waals surface area contributed by atoms with Gasteiger partial charge in [0.1, 0.15) is 0 Å². The second-order valence-electron chi connectivity index (χ2n) is 6.09. The Morgan fingerprint density at radius 1 is 1.04 bits per heavy atom. The molecule has 0 aromatic heterocycles. The van der Waals surface area contributed by atoms with E-state index in [-0.39, 0.29) is 6.61 Å². The largest absolute Gasteiger partial charge is 0.460 e. The minimum absolute atomic E-state index is 0.278. The van der Waals surface area contributed by atoms with Gasteiger partial charge in [0.25, 0.3) is 0 Å². The summed E-state index contributed by atoms with van der Waals surface area (Å²) >= 11 is 0. The molecule has 3 nitrogen and oxygen atoms in total. The van der Waals surface area contributed by atoms with Crippen LogP contribution in [0.25, 0.3) is 0 Å². The molecular weight excluding hydrogens is 375 g/mol. The van der Waals surface area contributed by atoms with Crippen molar-refractivity contribution >= 4 is 5.78 Å². The molecule has 2 atom stereocenters. The highest BCUT2D eigenvalue weighted by Crippen LogP contribution is 2.57. The van der Waals surface area contributed by atoms with E-state index in [1.807, 2.05) is 0 Å². The van der Waals surface area contributed by atoms with Crippen molar-refractivity contribution in [2.45, 2.75) is 63.0 Å². The Labute approximate surface area is 136 Å². The zero-order valence-electron chi connectivity index (χ0n) is 13.2. The average Bonchev–Trinajstić information content (AvgIpc) is 2.40. The average molecular weight is 390 g/mol. The Kier molecular flexibility index (Phi) is 5.53. The molecule has 1 rings (SSSR count). The third-order valence-corrected chi connectivity index (χ3v) is 3.62. The van der Waals surface area contributed by atoms with E-state index >= 15 is 0 Å². The maximum atomic E-state index is 14.1. The molecule has 0 aromatic carbocycles. The summed E-state index contributed by atoms with van der Waals surface area (Å²) in [6.45, 7) is 3.18. The van der Waals surface area contributed by atoms with E-state index in [2.05, 4.69) is 4.74 Å². The van der Waals surface area contributed by atoms with Crippen molar-refractivity contribution in [3.8, 4) is 0 Å². The Morgan fingerprint density at radius 3 is 1.92 bits per heavy atom. The van der Waals surface area contributed by atoms with Gasteiger partial charge >= 0.3 is 23.9 Å². The van der Waals surface area contributed by atoms with Gasteiger partial charge in [-0.25, -0.2) is 0 Å². The number of hydrogen-bond acceptors (Lipinski definition) is 3. The summed E-state index contributed by atoms with van der Waals surface area (Å²) in [5.74, 6) is -24.9. The van der Waals surface area contributed by atoms with E-state index in [9.17, 15) is 44.3 Å². The van der Waals surface area contributed by atoms with Crippen LogP contribution in [0.2, 0.25) is 0 Å². The molecule has 148 valence electrons. The smallest absolute Gasteiger partial charge is 0.346 e. The lowest BCUT2D eigenvalue weighted by atomic mass is 9.79. The summed E-state index contributed by atoms with van der Waals surface area (Å²) in [5, 5.41) is 0. The second kappa shape index (κ2) is 6.29. The first kappa shape index (κ1) is 22.0. The fraction of sp³-hybridized carbons (Fsp3) is 0.923. The summed E-state index contributed by atoms with van der Waals surface area (Å²) in [5.41, 5.74) is -1.70. The number of halogens is 9. The number of ketones is 1. The first-order valence-electron chi connectivity index (χ1n) is 6.95. The number of alkyl halides is 9. The first-order chi connectivity index (χ1) is 10.9.